The molecule has 4 rings (SSSR count). The Bertz CT molecular complexity index is 1080. The zero-order valence-electron chi connectivity index (χ0n) is 14.5. The third kappa shape index (κ3) is 2.93. The van der Waals surface area contributed by atoms with Crippen LogP contribution in [0.1, 0.15) is 11.1 Å². The van der Waals surface area contributed by atoms with Crippen LogP contribution in [-0.2, 0) is 0 Å². The number of rotatable bonds is 4. The molecular weight excluding hydrogens is 320 g/mol. The molecule has 4 aromatic rings. The number of nitrogens with one attached hydrogen (secondary N) is 1. The molecule has 126 valence electrons. The van der Waals surface area contributed by atoms with Crippen LogP contribution in [0.3, 0.4) is 0 Å². The second kappa shape index (κ2) is 6.76. The van der Waals surface area contributed by atoms with E-state index in [0.717, 1.165) is 22.3 Å². The van der Waals surface area contributed by atoms with Gasteiger partial charge in [-0.2, -0.15) is 0 Å². The third-order valence-corrected chi connectivity index (χ3v) is 4.40. The minimum atomic E-state index is 0.658. The molecule has 26 heavy (non-hydrogen) atoms. The first-order valence-electron chi connectivity index (χ1n) is 8.41. The minimum absolute atomic E-state index is 0.658. The molecule has 0 bridgehead atoms. The Morgan fingerprint density at radius 3 is 2.50 bits per heavy atom. The summed E-state index contributed by atoms with van der Waals surface area (Å²) in [6, 6.07) is 18.4. The van der Waals surface area contributed by atoms with E-state index in [1.54, 1.807) is 18.6 Å². The summed E-state index contributed by atoms with van der Waals surface area (Å²) >= 11 is 0. The van der Waals surface area contributed by atoms with E-state index < -0.39 is 0 Å². The largest absolute Gasteiger partial charge is 0.338 e. The van der Waals surface area contributed by atoms with E-state index in [-0.39, 0.29) is 0 Å². The van der Waals surface area contributed by atoms with Crippen molar-refractivity contribution in [2.24, 2.45) is 0 Å². The Labute approximate surface area is 152 Å². The average Bonchev–Trinajstić information content (AvgIpc) is 2.69. The highest BCUT2D eigenvalue weighted by Crippen LogP contribution is 2.29. The molecule has 2 heterocycles. The van der Waals surface area contributed by atoms with E-state index in [4.69, 9.17) is 0 Å². The second-order valence-corrected chi connectivity index (χ2v) is 6.03. The van der Waals surface area contributed by atoms with Crippen LogP contribution in [0, 0.1) is 6.92 Å². The number of fused-ring (bicyclic) bond motifs is 1. The molecule has 1 N–H and O–H groups in total. The maximum absolute atomic E-state index is 4.41. The van der Waals surface area contributed by atoms with Crippen LogP contribution < -0.4 is 5.32 Å². The van der Waals surface area contributed by atoms with Crippen molar-refractivity contribution in [3.8, 4) is 11.1 Å². The topological polar surface area (TPSA) is 50.7 Å². The fourth-order valence-electron chi connectivity index (χ4n) is 3.09. The SMILES string of the molecule is C=C(Nc1nccc2nccnc12)c1cccc(-c2ccccc2)c1C. The van der Waals surface area contributed by atoms with E-state index in [0.29, 0.717) is 5.82 Å². The number of anilines is 1. The van der Waals surface area contributed by atoms with E-state index >= 15 is 0 Å². The number of pyridine rings is 1. The first-order chi connectivity index (χ1) is 12.7. The number of hydrogen-bond acceptors (Lipinski definition) is 4. The summed E-state index contributed by atoms with van der Waals surface area (Å²) in [5.41, 5.74) is 6.91. The van der Waals surface area contributed by atoms with Gasteiger partial charge in [0.1, 0.15) is 5.52 Å². The Kier molecular flexibility index (Phi) is 4.15. The van der Waals surface area contributed by atoms with Crippen LogP contribution in [-0.4, -0.2) is 15.0 Å². The normalized spacial score (nSPS) is 10.7. The standard InChI is InChI=1S/C22H18N4/c1-15-18(9-6-10-19(15)17-7-4-3-5-8-17)16(2)26-22-21-20(11-12-25-22)23-13-14-24-21/h3-14H,2H2,1H3,(H,25,26). The van der Waals surface area contributed by atoms with Gasteiger partial charge in [0, 0.05) is 29.9 Å². The van der Waals surface area contributed by atoms with Crippen molar-refractivity contribution in [3.63, 3.8) is 0 Å². The molecule has 0 aliphatic heterocycles. The van der Waals surface area contributed by atoms with E-state index in [1.807, 2.05) is 30.3 Å². The molecule has 0 aliphatic rings. The van der Waals surface area contributed by atoms with Crippen LogP contribution in [0.15, 0.2) is 79.8 Å². The van der Waals surface area contributed by atoms with Crippen molar-refractivity contribution >= 4 is 22.5 Å². The molecule has 0 spiro atoms. The summed E-state index contributed by atoms with van der Waals surface area (Å²) in [6.45, 7) is 6.34. The van der Waals surface area contributed by atoms with Crippen LogP contribution in [0.25, 0.3) is 27.9 Å². The first-order valence-corrected chi connectivity index (χ1v) is 8.41. The molecule has 2 aromatic carbocycles. The summed E-state index contributed by atoms with van der Waals surface area (Å²) in [5, 5.41) is 3.31. The number of hydrogen-bond donors (Lipinski definition) is 1. The van der Waals surface area contributed by atoms with Crippen molar-refractivity contribution in [3.05, 3.63) is 90.9 Å². The fraction of sp³-hybridized carbons (Fsp3) is 0.0455. The van der Waals surface area contributed by atoms with Gasteiger partial charge in [-0.3, -0.25) is 4.98 Å². The van der Waals surface area contributed by atoms with Crippen LogP contribution in [0.5, 0.6) is 0 Å². The maximum atomic E-state index is 4.41. The number of nitrogens with zero attached hydrogens (tertiary/aromatic N) is 3. The molecule has 0 saturated carbocycles. The van der Waals surface area contributed by atoms with Gasteiger partial charge in [0.2, 0.25) is 0 Å². The molecule has 0 aliphatic carbocycles. The van der Waals surface area contributed by atoms with Crippen molar-refractivity contribution in [1.82, 2.24) is 15.0 Å². The maximum Gasteiger partial charge on any atom is 0.158 e. The average molecular weight is 338 g/mol. The van der Waals surface area contributed by atoms with Crippen molar-refractivity contribution in [2.75, 3.05) is 5.32 Å². The fourth-order valence-corrected chi connectivity index (χ4v) is 3.09. The summed E-state index contributed by atoms with van der Waals surface area (Å²) in [5.74, 6) is 0.658. The van der Waals surface area contributed by atoms with Crippen LogP contribution >= 0.6 is 0 Å². The van der Waals surface area contributed by atoms with Gasteiger partial charge in [0.25, 0.3) is 0 Å². The molecule has 0 amide bonds. The summed E-state index contributed by atoms with van der Waals surface area (Å²) in [6.07, 6.45) is 5.06. The molecule has 0 saturated heterocycles. The lowest BCUT2D eigenvalue weighted by molar-refractivity contribution is 1.24. The van der Waals surface area contributed by atoms with Gasteiger partial charge in [-0.25, -0.2) is 9.97 Å². The lowest BCUT2D eigenvalue weighted by Gasteiger charge is -2.15. The first kappa shape index (κ1) is 16.0. The van der Waals surface area contributed by atoms with E-state index in [1.165, 1.54) is 16.7 Å². The second-order valence-electron chi connectivity index (χ2n) is 6.03. The van der Waals surface area contributed by atoms with Gasteiger partial charge in [-0.05, 0) is 29.7 Å². The van der Waals surface area contributed by atoms with E-state index in [2.05, 4.69) is 58.0 Å². The van der Waals surface area contributed by atoms with Gasteiger partial charge >= 0.3 is 0 Å². The third-order valence-electron chi connectivity index (χ3n) is 4.40. The predicted molar refractivity (Wildman–Crippen MR) is 107 cm³/mol. The molecular formula is C22H18N4. The Hall–Kier alpha value is -3.53. The molecule has 0 radical (unpaired) electrons. The van der Waals surface area contributed by atoms with Gasteiger partial charge < -0.3 is 5.32 Å². The molecule has 4 heteroatoms. The quantitative estimate of drug-likeness (QED) is 0.563. The zero-order chi connectivity index (χ0) is 17.9. The van der Waals surface area contributed by atoms with Crippen molar-refractivity contribution in [1.29, 1.82) is 0 Å². The summed E-state index contributed by atoms with van der Waals surface area (Å²) in [4.78, 5) is 13.1. The number of benzene rings is 2. The van der Waals surface area contributed by atoms with Gasteiger partial charge in [-0.15, -0.1) is 0 Å². The monoisotopic (exact) mass is 338 g/mol. The van der Waals surface area contributed by atoms with Crippen LogP contribution in [0.4, 0.5) is 5.82 Å². The Morgan fingerprint density at radius 2 is 1.65 bits per heavy atom. The Balaban J connectivity index is 1.71. The van der Waals surface area contributed by atoms with Gasteiger partial charge in [0.05, 0.1) is 5.52 Å². The predicted octanol–water partition coefficient (Wildman–Crippen LogP) is 5.08. The molecule has 2 aromatic heterocycles. The minimum Gasteiger partial charge on any atom is -0.338 e. The summed E-state index contributed by atoms with van der Waals surface area (Å²) < 4.78 is 0. The lowest BCUT2D eigenvalue weighted by Crippen LogP contribution is -2.03. The zero-order valence-corrected chi connectivity index (χ0v) is 14.5. The highest BCUT2D eigenvalue weighted by Gasteiger charge is 2.11. The number of aromatic nitrogens is 3. The van der Waals surface area contributed by atoms with E-state index in [9.17, 15) is 0 Å². The van der Waals surface area contributed by atoms with Crippen molar-refractivity contribution < 1.29 is 0 Å². The van der Waals surface area contributed by atoms with Crippen molar-refractivity contribution in [2.45, 2.75) is 6.92 Å². The van der Waals surface area contributed by atoms with Gasteiger partial charge in [0.15, 0.2) is 5.82 Å². The lowest BCUT2D eigenvalue weighted by atomic mass is 9.95. The molecule has 0 unspecified atom stereocenters. The highest BCUT2D eigenvalue weighted by atomic mass is 15.0. The molecule has 0 atom stereocenters. The smallest absolute Gasteiger partial charge is 0.158 e. The van der Waals surface area contributed by atoms with Gasteiger partial charge in [-0.1, -0.05) is 55.1 Å². The molecule has 4 nitrogen and oxygen atoms in total. The Morgan fingerprint density at radius 1 is 0.846 bits per heavy atom. The summed E-state index contributed by atoms with van der Waals surface area (Å²) in [7, 11) is 0. The molecule has 0 fully saturated rings. The highest BCUT2D eigenvalue weighted by molar-refractivity contribution is 5.90. The van der Waals surface area contributed by atoms with Crippen LogP contribution in [0.2, 0.25) is 0 Å².